The molecule has 0 spiro atoms. The highest BCUT2D eigenvalue weighted by atomic mass is 31.2. The van der Waals surface area contributed by atoms with Crippen LogP contribution in [0.15, 0.2) is 24.5 Å². The smallest absolute Gasteiger partial charge is 0.419 e. The molecule has 1 aromatic carbocycles. The standard InChI is InChI=1S/C21H22F3N6OP.CH2O2/c1-32(2,31)19-11(8-25)3-6-14-15(9-27-18(14)19)17-16(21(22,23)24)10-28-20(30-17)29-13-5-4-12(26)7-13;2-1-3/h3,6,9-10,12-13,27H,4-5,7,26H2,1-2H3,(H,28,29,30);1H,(H,2,3)/t12-,13-;/m0./s1. The summed E-state index contributed by atoms with van der Waals surface area (Å²) in [5.41, 5.74) is 5.44. The second-order valence-corrected chi connectivity index (χ2v) is 11.7. The van der Waals surface area contributed by atoms with Gasteiger partial charge in [-0.05, 0) is 38.7 Å². The van der Waals surface area contributed by atoms with E-state index in [0.29, 0.717) is 22.6 Å². The monoisotopic (exact) mass is 508 g/mol. The highest BCUT2D eigenvalue weighted by molar-refractivity contribution is 7.70. The van der Waals surface area contributed by atoms with Crippen molar-refractivity contribution in [1.82, 2.24) is 15.0 Å². The average Bonchev–Trinajstić information content (AvgIpc) is 3.37. The number of nitrogens with one attached hydrogen (secondary N) is 2. The molecule has 5 N–H and O–H groups in total. The lowest BCUT2D eigenvalue weighted by Gasteiger charge is -2.16. The maximum Gasteiger partial charge on any atom is 0.419 e. The molecule has 0 radical (unpaired) electrons. The van der Waals surface area contributed by atoms with Gasteiger partial charge >= 0.3 is 6.18 Å². The molecule has 1 aliphatic rings. The molecule has 9 nitrogen and oxygen atoms in total. The SMILES string of the molecule is CP(C)(=O)c1c(C#N)ccc2c(-c3nc(N[C@H]4CC[C@H](N)C4)ncc3C(F)(F)F)c[nH]c12.O=CO. The fraction of sp³-hybridized carbons (Fsp3) is 0.364. The summed E-state index contributed by atoms with van der Waals surface area (Å²) in [7, 11) is -2.91. The van der Waals surface area contributed by atoms with Gasteiger partial charge in [0.15, 0.2) is 0 Å². The molecule has 1 aliphatic carbocycles. The lowest BCUT2D eigenvalue weighted by atomic mass is 10.0. The fourth-order valence-corrected chi connectivity index (χ4v) is 5.65. The van der Waals surface area contributed by atoms with E-state index in [9.17, 15) is 23.0 Å². The Kier molecular flexibility index (Phi) is 7.53. The van der Waals surface area contributed by atoms with E-state index in [2.05, 4.69) is 20.3 Å². The van der Waals surface area contributed by atoms with E-state index in [0.717, 1.165) is 19.0 Å². The number of aromatic amines is 1. The first kappa shape index (κ1) is 26.2. The van der Waals surface area contributed by atoms with Crippen molar-refractivity contribution in [3.8, 4) is 17.3 Å². The van der Waals surface area contributed by atoms with Crippen molar-refractivity contribution < 1.29 is 27.6 Å². The minimum Gasteiger partial charge on any atom is -0.483 e. The third-order valence-corrected chi connectivity index (χ3v) is 7.19. The van der Waals surface area contributed by atoms with Gasteiger partial charge in [-0.25, -0.2) is 9.97 Å². The van der Waals surface area contributed by atoms with Gasteiger partial charge < -0.3 is 25.7 Å². The van der Waals surface area contributed by atoms with Crippen molar-refractivity contribution in [2.24, 2.45) is 5.73 Å². The van der Waals surface area contributed by atoms with Crippen LogP contribution in [-0.2, 0) is 15.5 Å². The summed E-state index contributed by atoms with van der Waals surface area (Å²) < 4.78 is 54.3. The number of halogens is 3. The number of fused-ring (bicyclic) bond motifs is 1. The minimum atomic E-state index is -4.67. The van der Waals surface area contributed by atoms with E-state index in [1.165, 1.54) is 25.6 Å². The molecule has 0 saturated heterocycles. The van der Waals surface area contributed by atoms with Crippen molar-refractivity contribution in [2.45, 2.75) is 37.5 Å². The average molecular weight is 508 g/mol. The Labute approximate surface area is 198 Å². The second kappa shape index (κ2) is 10.1. The van der Waals surface area contributed by atoms with Crippen LogP contribution >= 0.6 is 7.14 Å². The van der Waals surface area contributed by atoms with Crippen LogP contribution in [0.2, 0.25) is 0 Å². The molecule has 0 aliphatic heterocycles. The highest BCUT2D eigenvalue weighted by Crippen LogP contribution is 2.43. The highest BCUT2D eigenvalue weighted by Gasteiger charge is 2.36. The van der Waals surface area contributed by atoms with E-state index in [4.69, 9.17) is 15.6 Å². The van der Waals surface area contributed by atoms with Crippen molar-refractivity contribution in [1.29, 1.82) is 5.26 Å². The number of carboxylic acid groups (broad SMARTS) is 1. The molecule has 0 unspecified atom stereocenters. The van der Waals surface area contributed by atoms with E-state index >= 15 is 0 Å². The summed E-state index contributed by atoms with van der Waals surface area (Å²) >= 11 is 0. The van der Waals surface area contributed by atoms with E-state index in [1.807, 2.05) is 6.07 Å². The Bertz CT molecular complexity index is 1330. The Morgan fingerprint density at radius 2 is 2.03 bits per heavy atom. The molecule has 2 atom stereocenters. The zero-order valence-electron chi connectivity index (χ0n) is 18.9. The minimum absolute atomic E-state index is 0.00610. The third kappa shape index (κ3) is 5.63. The van der Waals surface area contributed by atoms with Crippen molar-refractivity contribution in [3.63, 3.8) is 0 Å². The molecule has 3 aromatic rings. The molecule has 1 saturated carbocycles. The van der Waals surface area contributed by atoms with Crippen LogP contribution < -0.4 is 16.4 Å². The predicted octanol–water partition coefficient (Wildman–Crippen LogP) is 3.76. The number of hydrogen-bond donors (Lipinski definition) is 4. The van der Waals surface area contributed by atoms with Crippen LogP contribution in [0.4, 0.5) is 19.1 Å². The lowest BCUT2D eigenvalue weighted by molar-refractivity contribution is -0.137. The Morgan fingerprint density at radius 3 is 2.57 bits per heavy atom. The molecule has 35 heavy (non-hydrogen) atoms. The summed E-state index contributed by atoms with van der Waals surface area (Å²) in [4.78, 5) is 19.4. The lowest BCUT2D eigenvalue weighted by Crippen LogP contribution is -2.22. The molecule has 186 valence electrons. The van der Waals surface area contributed by atoms with Crippen LogP contribution in [0.25, 0.3) is 22.2 Å². The zero-order chi connectivity index (χ0) is 26.0. The summed E-state index contributed by atoms with van der Waals surface area (Å²) in [6.07, 6.45) is -0.198. The summed E-state index contributed by atoms with van der Waals surface area (Å²) in [6.45, 7) is 2.78. The van der Waals surface area contributed by atoms with Crippen molar-refractivity contribution >= 4 is 35.8 Å². The van der Waals surface area contributed by atoms with Crippen molar-refractivity contribution in [2.75, 3.05) is 18.6 Å². The molecular weight excluding hydrogens is 484 g/mol. The van der Waals surface area contributed by atoms with Gasteiger partial charge in [-0.15, -0.1) is 0 Å². The number of anilines is 1. The molecule has 4 rings (SSSR count). The normalized spacial score (nSPS) is 18.0. The predicted molar refractivity (Wildman–Crippen MR) is 126 cm³/mol. The second-order valence-electron chi connectivity index (χ2n) is 8.52. The van der Waals surface area contributed by atoms with Gasteiger partial charge in [-0.2, -0.15) is 18.4 Å². The molecular formula is C22H24F3N6O3P. The van der Waals surface area contributed by atoms with Crippen molar-refractivity contribution in [3.05, 3.63) is 35.7 Å². The molecule has 0 amide bonds. The molecule has 2 aromatic heterocycles. The van der Waals surface area contributed by atoms with Crippen LogP contribution in [0.1, 0.15) is 30.4 Å². The number of aromatic nitrogens is 3. The Hall–Kier alpha value is -3.42. The molecule has 1 fully saturated rings. The fourth-order valence-electron chi connectivity index (χ4n) is 4.22. The van der Waals surface area contributed by atoms with Crippen LogP contribution in [0.3, 0.4) is 0 Å². The maximum absolute atomic E-state index is 13.8. The van der Waals surface area contributed by atoms with E-state index in [-0.39, 0.29) is 41.3 Å². The van der Waals surface area contributed by atoms with Gasteiger partial charge in [-0.1, -0.05) is 6.07 Å². The van der Waals surface area contributed by atoms with Gasteiger partial charge in [0.05, 0.1) is 28.1 Å². The number of rotatable bonds is 4. The van der Waals surface area contributed by atoms with Crippen LogP contribution in [-0.4, -0.2) is 51.9 Å². The number of hydrogen-bond acceptors (Lipinski definition) is 7. The number of carbonyl (C=O) groups is 1. The number of nitrogens with two attached hydrogens (primary N) is 1. The molecule has 0 bridgehead atoms. The van der Waals surface area contributed by atoms with Gasteiger partial charge in [0, 0.05) is 35.4 Å². The largest absolute Gasteiger partial charge is 0.483 e. The van der Waals surface area contributed by atoms with Gasteiger partial charge in [0.1, 0.15) is 12.7 Å². The third-order valence-electron chi connectivity index (χ3n) is 5.64. The van der Waals surface area contributed by atoms with E-state index in [1.54, 1.807) is 6.07 Å². The summed E-state index contributed by atoms with van der Waals surface area (Å²) in [5.74, 6) is 0.0898. The Morgan fingerprint density at radius 1 is 1.34 bits per heavy atom. The molecule has 2 heterocycles. The van der Waals surface area contributed by atoms with E-state index < -0.39 is 18.9 Å². The topological polar surface area (TPSA) is 158 Å². The first-order valence-corrected chi connectivity index (χ1v) is 13.1. The molecule has 13 heteroatoms. The number of nitrogens with zero attached hydrogens (tertiary/aromatic N) is 3. The summed E-state index contributed by atoms with van der Waals surface area (Å²) in [5, 5.41) is 20.1. The number of alkyl halides is 3. The number of benzene rings is 1. The maximum atomic E-state index is 13.8. The Balaban J connectivity index is 0.00000108. The number of nitriles is 1. The first-order valence-electron chi connectivity index (χ1n) is 10.5. The number of H-pyrrole nitrogens is 1. The quantitative estimate of drug-likeness (QED) is 0.306. The van der Waals surface area contributed by atoms with Gasteiger partial charge in [0.2, 0.25) is 5.95 Å². The van der Waals surface area contributed by atoms with Crippen LogP contribution in [0, 0.1) is 11.3 Å². The summed E-state index contributed by atoms with van der Waals surface area (Å²) in [6, 6.07) is 5.07. The van der Waals surface area contributed by atoms with Gasteiger partial charge in [0.25, 0.3) is 6.47 Å². The first-order chi connectivity index (χ1) is 16.4. The zero-order valence-corrected chi connectivity index (χ0v) is 19.8. The van der Waals surface area contributed by atoms with Gasteiger partial charge in [-0.3, -0.25) is 4.79 Å². The van der Waals surface area contributed by atoms with Crippen LogP contribution in [0.5, 0.6) is 0 Å².